The summed E-state index contributed by atoms with van der Waals surface area (Å²) in [6, 6.07) is 6.98. The minimum absolute atomic E-state index is 0. The Kier molecular flexibility index (Phi) is 9.83. The van der Waals surface area contributed by atoms with Gasteiger partial charge < -0.3 is 10.6 Å². The molecule has 1 aromatic rings. The summed E-state index contributed by atoms with van der Waals surface area (Å²) in [6.45, 7) is 8.72. The van der Waals surface area contributed by atoms with Crippen LogP contribution < -0.4 is 15.4 Å². The van der Waals surface area contributed by atoms with Crippen molar-refractivity contribution in [1.29, 1.82) is 0 Å². The number of guanidine groups is 1. The van der Waals surface area contributed by atoms with Gasteiger partial charge in [0.05, 0.1) is 4.90 Å². The maximum atomic E-state index is 12.6. The zero-order chi connectivity index (χ0) is 17.5. The van der Waals surface area contributed by atoms with Gasteiger partial charge in [-0.25, -0.2) is 13.1 Å². The first kappa shape index (κ1) is 23.1. The molecular formula is C16H29IN4O2S. The van der Waals surface area contributed by atoms with Crippen LogP contribution in [0.3, 0.4) is 0 Å². The molecular weight excluding hydrogens is 439 g/mol. The Labute approximate surface area is 163 Å². The second-order valence-electron chi connectivity index (χ2n) is 6.32. The van der Waals surface area contributed by atoms with Gasteiger partial charge in [-0.05, 0) is 38.8 Å². The Morgan fingerprint density at radius 2 is 1.79 bits per heavy atom. The fraction of sp³-hybridized carbons (Fsp3) is 0.562. The zero-order valence-electron chi connectivity index (χ0n) is 15.0. The molecule has 0 aliphatic rings. The van der Waals surface area contributed by atoms with Gasteiger partial charge in [-0.15, -0.1) is 24.0 Å². The van der Waals surface area contributed by atoms with E-state index in [0.29, 0.717) is 18.1 Å². The third-order valence-electron chi connectivity index (χ3n) is 2.92. The van der Waals surface area contributed by atoms with Crippen molar-refractivity contribution in [3.05, 3.63) is 29.8 Å². The first-order chi connectivity index (χ1) is 10.7. The normalized spacial score (nSPS) is 12.5. The van der Waals surface area contributed by atoms with Crippen molar-refractivity contribution in [2.75, 3.05) is 13.6 Å². The zero-order valence-corrected chi connectivity index (χ0v) is 18.2. The molecule has 0 saturated carbocycles. The molecule has 24 heavy (non-hydrogen) atoms. The molecule has 1 aromatic carbocycles. The van der Waals surface area contributed by atoms with E-state index in [2.05, 4.69) is 27.3 Å². The quantitative estimate of drug-likeness (QED) is 0.340. The third kappa shape index (κ3) is 7.80. The maximum absolute atomic E-state index is 12.6. The summed E-state index contributed by atoms with van der Waals surface area (Å²) in [6.07, 6.45) is 0.987. The number of hydrogen-bond acceptors (Lipinski definition) is 3. The fourth-order valence-electron chi connectivity index (χ4n) is 2.01. The van der Waals surface area contributed by atoms with E-state index >= 15 is 0 Å². The molecule has 0 fully saturated rings. The summed E-state index contributed by atoms with van der Waals surface area (Å²) in [5.74, 6) is 0.655. The molecule has 0 aromatic heterocycles. The number of aliphatic imine (C=N–C) groups is 1. The van der Waals surface area contributed by atoms with Gasteiger partial charge in [0.15, 0.2) is 5.96 Å². The number of rotatable bonds is 6. The van der Waals surface area contributed by atoms with Crippen LogP contribution in [0.1, 0.15) is 39.7 Å². The SMILES string of the molecule is CCCNC(=NC)NCc1ccccc1S(=O)(=O)NC(C)(C)C.I. The number of nitrogens with zero attached hydrogens (tertiary/aromatic N) is 1. The molecule has 8 heteroatoms. The molecule has 0 amide bonds. The maximum Gasteiger partial charge on any atom is 0.241 e. The second-order valence-corrected chi connectivity index (χ2v) is 7.97. The summed E-state index contributed by atoms with van der Waals surface area (Å²) >= 11 is 0. The molecule has 0 radical (unpaired) electrons. The summed E-state index contributed by atoms with van der Waals surface area (Å²) in [5.41, 5.74) is 0.168. The topological polar surface area (TPSA) is 82.6 Å². The predicted molar refractivity (Wildman–Crippen MR) is 110 cm³/mol. The Bertz CT molecular complexity index is 640. The third-order valence-corrected chi connectivity index (χ3v) is 4.77. The van der Waals surface area contributed by atoms with Crippen LogP contribution in [0.25, 0.3) is 0 Å². The van der Waals surface area contributed by atoms with E-state index < -0.39 is 15.6 Å². The smallest absolute Gasteiger partial charge is 0.241 e. The van der Waals surface area contributed by atoms with Crippen molar-refractivity contribution in [2.45, 2.75) is 51.1 Å². The molecule has 1 rings (SSSR count). The fourth-order valence-corrected chi connectivity index (χ4v) is 3.67. The number of benzene rings is 1. The molecule has 0 bridgehead atoms. The van der Waals surface area contributed by atoms with E-state index in [4.69, 9.17) is 0 Å². The van der Waals surface area contributed by atoms with Crippen molar-refractivity contribution >= 4 is 40.0 Å². The predicted octanol–water partition coefficient (Wildman–Crippen LogP) is 2.46. The van der Waals surface area contributed by atoms with Gasteiger partial charge >= 0.3 is 0 Å². The number of halogens is 1. The molecule has 0 aliphatic carbocycles. The Balaban J connectivity index is 0.00000529. The van der Waals surface area contributed by atoms with Crippen LogP contribution in [0.4, 0.5) is 0 Å². The largest absolute Gasteiger partial charge is 0.356 e. The summed E-state index contributed by atoms with van der Waals surface area (Å²) in [4.78, 5) is 4.41. The average Bonchev–Trinajstić information content (AvgIpc) is 2.45. The van der Waals surface area contributed by atoms with Crippen LogP contribution in [0.2, 0.25) is 0 Å². The van der Waals surface area contributed by atoms with E-state index in [0.717, 1.165) is 13.0 Å². The highest BCUT2D eigenvalue weighted by atomic mass is 127. The van der Waals surface area contributed by atoms with Gasteiger partial charge in [0.1, 0.15) is 0 Å². The number of hydrogen-bond donors (Lipinski definition) is 3. The minimum atomic E-state index is -3.57. The Hall–Kier alpha value is -0.870. The second kappa shape index (κ2) is 10.2. The molecule has 138 valence electrons. The summed E-state index contributed by atoms with van der Waals surface area (Å²) in [7, 11) is -1.88. The first-order valence-electron chi connectivity index (χ1n) is 7.76. The van der Waals surface area contributed by atoms with Crippen molar-refractivity contribution < 1.29 is 8.42 Å². The van der Waals surface area contributed by atoms with Crippen molar-refractivity contribution in [1.82, 2.24) is 15.4 Å². The molecule has 0 unspecified atom stereocenters. The summed E-state index contributed by atoms with van der Waals surface area (Å²) < 4.78 is 27.8. The summed E-state index contributed by atoms with van der Waals surface area (Å²) in [5, 5.41) is 6.30. The standard InChI is InChI=1S/C16H28N4O2S.HI/c1-6-11-18-15(17-5)19-12-13-9-7-8-10-14(13)23(21,22)20-16(2,3)4;/h7-10,20H,6,11-12H2,1-5H3,(H2,17,18,19);1H. The molecule has 0 saturated heterocycles. The van der Waals surface area contributed by atoms with Crippen LogP contribution >= 0.6 is 24.0 Å². The van der Waals surface area contributed by atoms with Crippen LogP contribution in [0.15, 0.2) is 34.2 Å². The number of sulfonamides is 1. The average molecular weight is 468 g/mol. The van der Waals surface area contributed by atoms with E-state index in [1.54, 1.807) is 25.2 Å². The van der Waals surface area contributed by atoms with Gasteiger partial charge in [-0.1, -0.05) is 25.1 Å². The van der Waals surface area contributed by atoms with E-state index in [1.165, 1.54) is 0 Å². The molecule has 0 atom stereocenters. The Morgan fingerprint density at radius 3 is 2.33 bits per heavy atom. The van der Waals surface area contributed by atoms with Crippen LogP contribution in [0.5, 0.6) is 0 Å². The monoisotopic (exact) mass is 468 g/mol. The van der Waals surface area contributed by atoms with Crippen molar-refractivity contribution in [2.24, 2.45) is 4.99 Å². The Morgan fingerprint density at radius 1 is 1.17 bits per heavy atom. The molecule has 0 spiro atoms. The minimum Gasteiger partial charge on any atom is -0.356 e. The highest BCUT2D eigenvalue weighted by molar-refractivity contribution is 14.0. The highest BCUT2D eigenvalue weighted by Gasteiger charge is 2.24. The first-order valence-corrected chi connectivity index (χ1v) is 9.24. The number of nitrogens with one attached hydrogen (secondary N) is 3. The van der Waals surface area contributed by atoms with Crippen LogP contribution in [0, 0.1) is 0 Å². The van der Waals surface area contributed by atoms with E-state index in [9.17, 15) is 8.42 Å². The van der Waals surface area contributed by atoms with Crippen molar-refractivity contribution in [3.8, 4) is 0 Å². The van der Waals surface area contributed by atoms with Gasteiger partial charge in [0.25, 0.3) is 0 Å². The highest BCUT2D eigenvalue weighted by Crippen LogP contribution is 2.17. The van der Waals surface area contributed by atoms with Crippen LogP contribution in [-0.2, 0) is 16.6 Å². The van der Waals surface area contributed by atoms with Gasteiger partial charge in [-0.2, -0.15) is 0 Å². The van der Waals surface area contributed by atoms with Gasteiger partial charge in [0, 0.05) is 25.7 Å². The molecule has 3 N–H and O–H groups in total. The van der Waals surface area contributed by atoms with Gasteiger partial charge in [0.2, 0.25) is 10.0 Å². The lowest BCUT2D eigenvalue weighted by Crippen LogP contribution is -2.41. The lowest BCUT2D eigenvalue weighted by molar-refractivity contribution is 0.491. The lowest BCUT2D eigenvalue weighted by atomic mass is 10.1. The lowest BCUT2D eigenvalue weighted by Gasteiger charge is -2.22. The van der Waals surface area contributed by atoms with E-state index in [-0.39, 0.29) is 28.9 Å². The van der Waals surface area contributed by atoms with Gasteiger partial charge in [-0.3, -0.25) is 4.99 Å². The van der Waals surface area contributed by atoms with E-state index in [1.807, 2.05) is 26.8 Å². The molecule has 0 heterocycles. The molecule has 6 nitrogen and oxygen atoms in total. The molecule has 0 aliphatic heterocycles. The van der Waals surface area contributed by atoms with Crippen molar-refractivity contribution in [3.63, 3.8) is 0 Å². The van der Waals surface area contributed by atoms with Crippen LogP contribution in [-0.4, -0.2) is 33.5 Å².